The Labute approximate surface area is 141 Å². The standard InChI is InChI=1S/C20H22FN3/c1-15-6-8-16(9-7-15)12-24-19-5-3-2-4-18(19)22-20(24)14-23-11-10-17(21)13-23/h2-9,17H,10-14H2,1H3/t17-/m1/s1. The molecule has 0 radical (unpaired) electrons. The Bertz CT molecular complexity index is 838. The number of imidazole rings is 1. The van der Waals surface area contributed by atoms with Gasteiger partial charge in [-0.3, -0.25) is 4.90 Å². The van der Waals surface area contributed by atoms with Crippen LogP contribution in [0.15, 0.2) is 48.5 Å². The third-order valence-corrected chi connectivity index (χ3v) is 4.77. The van der Waals surface area contributed by atoms with Crippen LogP contribution in [0.5, 0.6) is 0 Å². The number of hydrogen-bond donors (Lipinski definition) is 0. The Hall–Kier alpha value is -2.20. The number of alkyl halides is 1. The van der Waals surface area contributed by atoms with Crippen molar-refractivity contribution in [3.8, 4) is 0 Å². The number of halogens is 1. The molecule has 4 heteroatoms. The number of aryl methyl sites for hydroxylation is 1. The van der Waals surface area contributed by atoms with Crippen molar-refractivity contribution < 1.29 is 4.39 Å². The van der Waals surface area contributed by atoms with E-state index in [1.165, 1.54) is 11.1 Å². The number of para-hydroxylation sites is 2. The van der Waals surface area contributed by atoms with Gasteiger partial charge in [-0.2, -0.15) is 0 Å². The first-order valence-electron chi connectivity index (χ1n) is 8.55. The van der Waals surface area contributed by atoms with E-state index in [0.29, 0.717) is 19.5 Å². The molecule has 1 fully saturated rings. The third-order valence-electron chi connectivity index (χ3n) is 4.77. The Kier molecular flexibility index (Phi) is 4.07. The van der Waals surface area contributed by atoms with Gasteiger partial charge in [-0.15, -0.1) is 0 Å². The van der Waals surface area contributed by atoms with E-state index in [1.54, 1.807) is 0 Å². The van der Waals surface area contributed by atoms with Gasteiger partial charge in [0.05, 0.1) is 17.6 Å². The summed E-state index contributed by atoms with van der Waals surface area (Å²) in [5.74, 6) is 1.02. The molecule has 1 atom stereocenters. The van der Waals surface area contributed by atoms with Crippen LogP contribution in [0.25, 0.3) is 11.0 Å². The maximum atomic E-state index is 13.5. The van der Waals surface area contributed by atoms with Gasteiger partial charge >= 0.3 is 0 Å². The molecule has 2 heterocycles. The molecule has 0 N–H and O–H groups in total. The Morgan fingerprint density at radius 3 is 2.62 bits per heavy atom. The van der Waals surface area contributed by atoms with Crippen LogP contribution in [0.1, 0.15) is 23.4 Å². The summed E-state index contributed by atoms with van der Waals surface area (Å²) in [6.07, 6.45) is -0.0574. The molecule has 1 aliphatic heterocycles. The van der Waals surface area contributed by atoms with Gasteiger partial charge in [0.1, 0.15) is 12.0 Å². The van der Waals surface area contributed by atoms with E-state index in [-0.39, 0.29) is 0 Å². The zero-order chi connectivity index (χ0) is 16.5. The summed E-state index contributed by atoms with van der Waals surface area (Å²) in [4.78, 5) is 6.98. The number of nitrogens with zero attached hydrogens (tertiary/aromatic N) is 3. The van der Waals surface area contributed by atoms with E-state index in [9.17, 15) is 4.39 Å². The van der Waals surface area contributed by atoms with E-state index in [4.69, 9.17) is 4.98 Å². The molecular weight excluding hydrogens is 301 g/mol. The summed E-state index contributed by atoms with van der Waals surface area (Å²) in [7, 11) is 0. The zero-order valence-corrected chi connectivity index (χ0v) is 14.0. The Morgan fingerprint density at radius 2 is 1.88 bits per heavy atom. The molecule has 0 spiro atoms. The SMILES string of the molecule is Cc1ccc(Cn2c(CN3CC[C@@H](F)C3)nc3ccccc32)cc1. The molecule has 4 rings (SSSR count). The third kappa shape index (κ3) is 3.06. The molecule has 24 heavy (non-hydrogen) atoms. The first-order chi connectivity index (χ1) is 11.7. The maximum Gasteiger partial charge on any atom is 0.124 e. The molecule has 0 unspecified atom stereocenters. The first kappa shape index (κ1) is 15.3. The van der Waals surface area contributed by atoms with Crippen LogP contribution in [-0.2, 0) is 13.1 Å². The molecule has 0 aliphatic carbocycles. The second-order valence-electron chi connectivity index (χ2n) is 6.71. The predicted octanol–water partition coefficient (Wildman–Crippen LogP) is 3.94. The van der Waals surface area contributed by atoms with Crippen molar-refractivity contribution in [1.82, 2.24) is 14.5 Å². The van der Waals surface area contributed by atoms with E-state index in [0.717, 1.165) is 29.9 Å². The van der Waals surface area contributed by atoms with Crippen molar-refractivity contribution in [3.05, 3.63) is 65.5 Å². The second kappa shape index (κ2) is 6.36. The fraction of sp³-hybridized carbons (Fsp3) is 0.350. The molecule has 1 saturated heterocycles. The molecule has 3 aromatic rings. The van der Waals surface area contributed by atoms with Gasteiger partial charge in [-0.1, -0.05) is 42.0 Å². The van der Waals surface area contributed by atoms with E-state index in [1.807, 2.05) is 18.2 Å². The summed E-state index contributed by atoms with van der Waals surface area (Å²) in [5.41, 5.74) is 4.68. The number of fused-ring (bicyclic) bond motifs is 1. The highest BCUT2D eigenvalue weighted by atomic mass is 19.1. The van der Waals surface area contributed by atoms with Crippen molar-refractivity contribution in [1.29, 1.82) is 0 Å². The number of benzene rings is 2. The summed E-state index contributed by atoms with van der Waals surface area (Å²) in [6.45, 7) is 4.94. The number of aromatic nitrogens is 2. The lowest BCUT2D eigenvalue weighted by atomic mass is 10.1. The van der Waals surface area contributed by atoms with Crippen LogP contribution < -0.4 is 0 Å². The van der Waals surface area contributed by atoms with Crippen LogP contribution in [0.4, 0.5) is 4.39 Å². The molecule has 2 aromatic carbocycles. The van der Waals surface area contributed by atoms with Gasteiger partial charge in [0.25, 0.3) is 0 Å². The van der Waals surface area contributed by atoms with Crippen molar-refractivity contribution in [2.24, 2.45) is 0 Å². The summed E-state index contributed by atoms with van der Waals surface area (Å²) >= 11 is 0. The van der Waals surface area contributed by atoms with E-state index < -0.39 is 6.17 Å². The number of likely N-dealkylation sites (tertiary alicyclic amines) is 1. The summed E-state index contributed by atoms with van der Waals surface area (Å²) in [5, 5.41) is 0. The minimum Gasteiger partial charge on any atom is -0.322 e. The van der Waals surface area contributed by atoms with Gasteiger partial charge in [0.2, 0.25) is 0 Å². The minimum atomic E-state index is -0.695. The Balaban J connectivity index is 1.68. The lowest BCUT2D eigenvalue weighted by molar-refractivity contribution is 0.275. The van der Waals surface area contributed by atoms with Crippen molar-refractivity contribution in [2.75, 3.05) is 13.1 Å². The molecule has 0 amide bonds. The average Bonchev–Trinajstić information content (AvgIpc) is 3.14. The van der Waals surface area contributed by atoms with E-state index >= 15 is 0 Å². The zero-order valence-electron chi connectivity index (χ0n) is 14.0. The number of rotatable bonds is 4. The fourth-order valence-corrected chi connectivity index (χ4v) is 3.43. The predicted molar refractivity (Wildman–Crippen MR) is 94.8 cm³/mol. The van der Waals surface area contributed by atoms with Gasteiger partial charge in [0.15, 0.2) is 0 Å². The smallest absolute Gasteiger partial charge is 0.124 e. The molecular formula is C20H22FN3. The molecule has 1 aliphatic rings. The minimum absolute atomic E-state index is 0.522. The van der Waals surface area contributed by atoms with Crippen LogP contribution in [0.2, 0.25) is 0 Å². The lowest BCUT2D eigenvalue weighted by Gasteiger charge is -2.16. The number of hydrogen-bond acceptors (Lipinski definition) is 2. The molecule has 124 valence electrons. The van der Waals surface area contributed by atoms with Crippen LogP contribution in [0.3, 0.4) is 0 Å². The second-order valence-corrected chi connectivity index (χ2v) is 6.71. The van der Waals surface area contributed by atoms with Crippen LogP contribution in [0, 0.1) is 6.92 Å². The highest BCUT2D eigenvalue weighted by Gasteiger charge is 2.23. The monoisotopic (exact) mass is 323 g/mol. The topological polar surface area (TPSA) is 21.1 Å². The molecule has 1 aromatic heterocycles. The molecule has 3 nitrogen and oxygen atoms in total. The van der Waals surface area contributed by atoms with Crippen molar-refractivity contribution in [3.63, 3.8) is 0 Å². The largest absolute Gasteiger partial charge is 0.322 e. The van der Waals surface area contributed by atoms with Gasteiger partial charge < -0.3 is 4.57 Å². The highest BCUT2D eigenvalue weighted by molar-refractivity contribution is 5.76. The van der Waals surface area contributed by atoms with Gasteiger partial charge in [-0.05, 0) is 31.0 Å². The van der Waals surface area contributed by atoms with Gasteiger partial charge in [-0.25, -0.2) is 9.37 Å². The lowest BCUT2D eigenvalue weighted by Crippen LogP contribution is -2.23. The van der Waals surface area contributed by atoms with Crippen molar-refractivity contribution in [2.45, 2.75) is 32.6 Å². The summed E-state index contributed by atoms with van der Waals surface area (Å²) in [6, 6.07) is 16.8. The van der Waals surface area contributed by atoms with Crippen LogP contribution >= 0.6 is 0 Å². The highest BCUT2D eigenvalue weighted by Crippen LogP contribution is 2.21. The van der Waals surface area contributed by atoms with Crippen LogP contribution in [-0.4, -0.2) is 33.7 Å². The molecule has 0 saturated carbocycles. The molecule has 0 bridgehead atoms. The van der Waals surface area contributed by atoms with Gasteiger partial charge in [0, 0.05) is 19.6 Å². The fourth-order valence-electron chi connectivity index (χ4n) is 3.43. The quantitative estimate of drug-likeness (QED) is 0.725. The normalized spacial score (nSPS) is 18.5. The van der Waals surface area contributed by atoms with E-state index in [2.05, 4.69) is 46.7 Å². The average molecular weight is 323 g/mol. The maximum absolute atomic E-state index is 13.5. The summed E-state index contributed by atoms with van der Waals surface area (Å²) < 4.78 is 15.8. The van der Waals surface area contributed by atoms with Crippen molar-refractivity contribution >= 4 is 11.0 Å². The Morgan fingerprint density at radius 1 is 1.08 bits per heavy atom. The first-order valence-corrected chi connectivity index (χ1v) is 8.55.